The maximum atomic E-state index is 12.3. The summed E-state index contributed by atoms with van der Waals surface area (Å²) in [4.78, 5) is 2.31. The number of hydrogen-bond acceptors (Lipinski definition) is 4. The lowest BCUT2D eigenvalue weighted by Gasteiger charge is -2.25. The molecule has 114 valence electrons. The molecule has 0 heterocycles. The Kier molecular flexibility index (Phi) is 8.73. The van der Waals surface area contributed by atoms with Crippen molar-refractivity contribution >= 4 is 27.2 Å². The van der Waals surface area contributed by atoms with E-state index >= 15 is 0 Å². The zero-order chi connectivity index (χ0) is 15.1. The summed E-state index contributed by atoms with van der Waals surface area (Å²) >= 11 is 4.79. The van der Waals surface area contributed by atoms with Crippen molar-refractivity contribution in [3.63, 3.8) is 0 Å². The third-order valence-corrected chi connectivity index (χ3v) is 6.15. The van der Waals surface area contributed by atoms with Crippen molar-refractivity contribution in [1.29, 1.82) is 0 Å². The third-order valence-electron chi connectivity index (χ3n) is 3.34. The summed E-state index contributed by atoms with van der Waals surface area (Å²) in [5.41, 5.74) is 5.45. The molecule has 1 atom stereocenters. The first-order chi connectivity index (χ1) is 8.81. The van der Waals surface area contributed by atoms with Gasteiger partial charge in [0.25, 0.3) is 0 Å². The monoisotopic (exact) mass is 309 g/mol. The summed E-state index contributed by atoms with van der Waals surface area (Å²) in [7, 11) is -3.41. The Labute approximate surface area is 123 Å². The number of sulfonamides is 1. The molecule has 0 aliphatic rings. The zero-order valence-corrected chi connectivity index (χ0v) is 14.1. The van der Waals surface area contributed by atoms with Gasteiger partial charge in [0.1, 0.15) is 5.25 Å². The Balaban J connectivity index is 4.54. The minimum atomic E-state index is -3.41. The molecule has 0 aliphatic heterocycles. The van der Waals surface area contributed by atoms with Crippen LogP contribution in [-0.4, -0.2) is 60.6 Å². The highest BCUT2D eigenvalue weighted by Crippen LogP contribution is 2.10. The first-order valence-electron chi connectivity index (χ1n) is 6.81. The van der Waals surface area contributed by atoms with Gasteiger partial charge in [0.15, 0.2) is 0 Å². The Morgan fingerprint density at radius 1 is 1.16 bits per heavy atom. The molecule has 0 aromatic carbocycles. The lowest BCUT2D eigenvalue weighted by molar-refractivity contribution is 0.285. The van der Waals surface area contributed by atoms with Crippen LogP contribution >= 0.6 is 12.2 Å². The highest BCUT2D eigenvalue weighted by molar-refractivity contribution is 7.92. The average Bonchev–Trinajstić information content (AvgIpc) is 2.37. The van der Waals surface area contributed by atoms with Crippen LogP contribution in [0, 0.1) is 0 Å². The van der Waals surface area contributed by atoms with Gasteiger partial charge in [-0.05, 0) is 33.0 Å². The van der Waals surface area contributed by atoms with E-state index in [1.165, 1.54) is 4.31 Å². The molecule has 7 heteroatoms. The first kappa shape index (κ1) is 18.8. The van der Waals surface area contributed by atoms with Crippen LogP contribution in [0.15, 0.2) is 0 Å². The summed E-state index contributed by atoms with van der Waals surface area (Å²) in [5, 5.41) is -0.795. The van der Waals surface area contributed by atoms with Gasteiger partial charge in [-0.1, -0.05) is 33.0 Å². The molecule has 2 N–H and O–H groups in total. The van der Waals surface area contributed by atoms with E-state index in [0.717, 1.165) is 26.1 Å². The molecule has 0 aromatic heterocycles. The maximum Gasteiger partial charge on any atom is 0.223 e. The van der Waals surface area contributed by atoms with Crippen LogP contribution in [0.2, 0.25) is 0 Å². The van der Waals surface area contributed by atoms with Crippen molar-refractivity contribution in [2.45, 2.75) is 39.4 Å². The van der Waals surface area contributed by atoms with Crippen LogP contribution in [0.25, 0.3) is 0 Å². The van der Waals surface area contributed by atoms with Crippen LogP contribution in [0.5, 0.6) is 0 Å². The molecule has 0 rings (SSSR count). The van der Waals surface area contributed by atoms with Crippen LogP contribution < -0.4 is 5.73 Å². The fourth-order valence-corrected chi connectivity index (χ4v) is 3.70. The predicted molar refractivity (Wildman–Crippen MR) is 84.8 cm³/mol. The summed E-state index contributed by atoms with van der Waals surface area (Å²) in [5.74, 6) is 0. The standard InChI is InChI=1S/C12H27N3O2S2/c1-5-14(6-2)9-8-10-15(7-3)19(16,17)11(4)12(13)18/h11H,5-10H2,1-4H3,(H2,13,18). The summed E-state index contributed by atoms with van der Waals surface area (Å²) in [6.45, 7) is 11.4. The van der Waals surface area contributed by atoms with E-state index in [9.17, 15) is 8.42 Å². The molecule has 0 aliphatic carbocycles. The Morgan fingerprint density at radius 2 is 1.68 bits per heavy atom. The van der Waals surface area contributed by atoms with E-state index in [2.05, 4.69) is 18.7 Å². The second-order valence-electron chi connectivity index (χ2n) is 4.46. The zero-order valence-electron chi connectivity index (χ0n) is 12.4. The smallest absolute Gasteiger partial charge is 0.223 e. The molecule has 0 saturated carbocycles. The Hall–Kier alpha value is -0.240. The van der Waals surface area contributed by atoms with Crippen molar-refractivity contribution in [3.8, 4) is 0 Å². The van der Waals surface area contributed by atoms with Crippen LogP contribution in [-0.2, 0) is 10.0 Å². The van der Waals surface area contributed by atoms with Gasteiger partial charge in [-0.2, -0.15) is 0 Å². The fraction of sp³-hybridized carbons (Fsp3) is 0.917. The van der Waals surface area contributed by atoms with Crippen molar-refractivity contribution < 1.29 is 8.42 Å². The van der Waals surface area contributed by atoms with Crippen LogP contribution in [0.1, 0.15) is 34.1 Å². The molecule has 1 unspecified atom stereocenters. The van der Waals surface area contributed by atoms with Gasteiger partial charge >= 0.3 is 0 Å². The molecule has 19 heavy (non-hydrogen) atoms. The van der Waals surface area contributed by atoms with Gasteiger partial charge in [0.2, 0.25) is 10.0 Å². The van der Waals surface area contributed by atoms with Gasteiger partial charge in [-0.3, -0.25) is 0 Å². The number of rotatable bonds is 10. The average molecular weight is 310 g/mol. The van der Waals surface area contributed by atoms with Gasteiger partial charge in [-0.15, -0.1) is 0 Å². The molecule has 5 nitrogen and oxygen atoms in total. The molecule has 0 fully saturated rings. The van der Waals surface area contributed by atoms with Crippen molar-refractivity contribution in [3.05, 3.63) is 0 Å². The van der Waals surface area contributed by atoms with Crippen molar-refractivity contribution in [2.24, 2.45) is 5.73 Å². The third kappa shape index (κ3) is 5.72. The molecule has 0 spiro atoms. The lowest BCUT2D eigenvalue weighted by Crippen LogP contribution is -2.43. The SMILES string of the molecule is CCN(CC)CCCN(CC)S(=O)(=O)C(C)C(N)=S. The minimum absolute atomic E-state index is 0.0298. The minimum Gasteiger partial charge on any atom is -0.392 e. The van der Waals surface area contributed by atoms with Gasteiger partial charge < -0.3 is 10.6 Å². The lowest BCUT2D eigenvalue weighted by atomic mass is 10.3. The summed E-state index contributed by atoms with van der Waals surface area (Å²) in [6, 6.07) is 0. The Morgan fingerprint density at radius 3 is 2.05 bits per heavy atom. The highest BCUT2D eigenvalue weighted by Gasteiger charge is 2.29. The molecule has 0 aromatic rings. The molecule has 0 bridgehead atoms. The van der Waals surface area contributed by atoms with Gasteiger partial charge in [0, 0.05) is 13.1 Å². The second kappa shape index (κ2) is 8.84. The normalized spacial score (nSPS) is 14.0. The van der Waals surface area contributed by atoms with E-state index < -0.39 is 15.3 Å². The topological polar surface area (TPSA) is 66.6 Å². The fourth-order valence-electron chi connectivity index (χ4n) is 1.85. The number of nitrogens with zero attached hydrogens (tertiary/aromatic N) is 2. The van der Waals surface area contributed by atoms with E-state index in [0.29, 0.717) is 13.1 Å². The molecule has 0 amide bonds. The largest absolute Gasteiger partial charge is 0.392 e. The maximum absolute atomic E-state index is 12.3. The van der Waals surface area contributed by atoms with E-state index in [-0.39, 0.29) is 4.99 Å². The number of nitrogens with two attached hydrogens (primary N) is 1. The van der Waals surface area contributed by atoms with Gasteiger partial charge in [-0.25, -0.2) is 12.7 Å². The molecular weight excluding hydrogens is 282 g/mol. The molecular formula is C12H27N3O2S2. The molecule has 0 radical (unpaired) electrons. The van der Waals surface area contributed by atoms with E-state index in [1.54, 1.807) is 6.92 Å². The summed E-state index contributed by atoms with van der Waals surface area (Å²) in [6.07, 6.45) is 0.818. The van der Waals surface area contributed by atoms with E-state index in [4.69, 9.17) is 18.0 Å². The number of hydrogen-bond donors (Lipinski definition) is 1. The van der Waals surface area contributed by atoms with Crippen LogP contribution in [0.3, 0.4) is 0 Å². The van der Waals surface area contributed by atoms with Gasteiger partial charge in [0.05, 0.1) is 4.99 Å². The predicted octanol–water partition coefficient (Wildman–Crippen LogP) is 1.04. The van der Waals surface area contributed by atoms with Crippen LogP contribution in [0.4, 0.5) is 0 Å². The first-order valence-corrected chi connectivity index (χ1v) is 8.72. The molecule has 0 saturated heterocycles. The van der Waals surface area contributed by atoms with E-state index in [1.807, 2.05) is 6.92 Å². The summed E-state index contributed by atoms with van der Waals surface area (Å²) < 4.78 is 26.0. The van der Waals surface area contributed by atoms with Crippen molar-refractivity contribution in [1.82, 2.24) is 9.21 Å². The second-order valence-corrected chi connectivity index (χ2v) is 7.19. The van der Waals surface area contributed by atoms with Crippen molar-refractivity contribution in [2.75, 3.05) is 32.7 Å². The highest BCUT2D eigenvalue weighted by atomic mass is 32.2. The quantitative estimate of drug-likeness (QED) is 0.611. The number of thiocarbonyl (C=S) groups is 1. The Bertz CT molecular complexity index is 367.